The van der Waals surface area contributed by atoms with Crippen molar-refractivity contribution >= 4 is 40.6 Å². The first kappa shape index (κ1) is 41.0. The van der Waals surface area contributed by atoms with Gasteiger partial charge in [-0.2, -0.15) is 22.7 Å². The molecule has 1 saturated heterocycles. The van der Waals surface area contributed by atoms with Gasteiger partial charge in [-0.3, -0.25) is 14.4 Å². The topological polar surface area (TPSA) is 149 Å². The summed E-state index contributed by atoms with van der Waals surface area (Å²) in [4.78, 5) is 59.4. The molecule has 0 radical (unpaired) electrons. The average Bonchev–Trinajstić information content (AvgIpc) is 3.76. The zero-order valence-electron chi connectivity index (χ0n) is 33.8. The number of fused-ring (bicyclic) bond motifs is 2. The van der Waals surface area contributed by atoms with Crippen molar-refractivity contribution in [2.75, 3.05) is 36.4 Å². The molecule has 2 fully saturated rings. The predicted octanol–water partition coefficient (Wildman–Crippen LogP) is 6.68. The molecule has 0 unspecified atom stereocenters. The van der Waals surface area contributed by atoms with Crippen molar-refractivity contribution in [2.45, 2.75) is 71.1 Å². The first-order chi connectivity index (χ1) is 29.8. The molecule has 3 aliphatic rings. The van der Waals surface area contributed by atoms with Gasteiger partial charge in [0.15, 0.2) is 17.3 Å². The molecule has 9 rings (SSSR count). The van der Waals surface area contributed by atoms with Gasteiger partial charge in [0.2, 0.25) is 11.7 Å². The number of alkyl halides is 3. The molecule has 18 heteroatoms. The van der Waals surface area contributed by atoms with Crippen molar-refractivity contribution in [2.24, 2.45) is 0 Å². The van der Waals surface area contributed by atoms with E-state index in [0.29, 0.717) is 48.0 Å². The molecule has 14 nitrogen and oxygen atoms in total. The van der Waals surface area contributed by atoms with Crippen molar-refractivity contribution in [3.05, 3.63) is 128 Å². The maximum absolute atomic E-state index is 14.6. The van der Waals surface area contributed by atoms with Crippen LogP contribution in [-0.4, -0.2) is 78.2 Å². The number of halogens is 4. The van der Waals surface area contributed by atoms with Gasteiger partial charge in [-0.05, 0) is 66.6 Å². The Bertz CT molecular complexity index is 2780. The summed E-state index contributed by atoms with van der Waals surface area (Å²) in [6.45, 7) is 5.45. The van der Waals surface area contributed by atoms with Crippen LogP contribution in [0.25, 0.3) is 17.2 Å². The smallest absolute Gasteiger partial charge is 0.398 e. The molecule has 0 atom stereocenters. The Balaban J connectivity index is 1.02. The van der Waals surface area contributed by atoms with Crippen molar-refractivity contribution < 1.29 is 32.2 Å². The molecule has 3 aromatic carbocycles. The fourth-order valence-electron chi connectivity index (χ4n) is 8.27. The second-order valence-electron chi connectivity index (χ2n) is 15.7. The van der Waals surface area contributed by atoms with Gasteiger partial charge in [0.1, 0.15) is 25.2 Å². The second-order valence-corrected chi connectivity index (χ2v) is 16.1. The highest BCUT2D eigenvalue weighted by Gasteiger charge is 2.64. The lowest BCUT2D eigenvalue weighted by Crippen LogP contribution is -2.51. The number of carbonyl (C=O) groups excluding carboxylic acids is 2. The molecular weight excluding hydrogens is 827 g/mol. The van der Waals surface area contributed by atoms with Crippen molar-refractivity contribution in [3.63, 3.8) is 0 Å². The Kier molecular flexibility index (Phi) is 10.7. The number of aromatic nitrogens is 6. The van der Waals surface area contributed by atoms with Crippen molar-refractivity contribution in [1.82, 2.24) is 34.0 Å². The molecule has 0 bridgehead atoms. The second kappa shape index (κ2) is 16.2. The Morgan fingerprint density at radius 1 is 0.968 bits per heavy atom. The van der Waals surface area contributed by atoms with Crippen LogP contribution in [0.15, 0.2) is 77.9 Å². The molecule has 1 saturated carbocycles. The minimum Gasteiger partial charge on any atom is -0.485 e. The standard InChI is InChI=1S/C44H41ClF3N9O5/c1-3-34-37(54-15-17-55(18-16-54)40(59)36-38(26(2)49-25-50-36)62-22-27-7-5-4-6-8-27)41(60)57-42(52-39(53-57)28-9-10-29-23-61-24-30(29)19-28)56(34)21-35(58)51-33-12-11-31(20-32(33)45)43(13-14-43)44(46,47)48/h4-12,19-20,25H,3,13-18,21-24H2,1-2H3,(H,51,58). The van der Waals surface area contributed by atoms with Crippen LogP contribution in [0.3, 0.4) is 0 Å². The number of benzene rings is 3. The minimum atomic E-state index is -4.42. The highest BCUT2D eigenvalue weighted by molar-refractivity contribution is 6.33. The van der Waals surface area contributed by atoms with E-state index in [0.717, 1.165) is 16.7 Å². The van der Waals surface area contributed by atoms with E-state index < -0.39 is 23.1 Å². The van der Waals surface area contributed by atoms with Crippen LogP contribution < -0.4 is 20.5 Å². The van der Waals surface area contributed by atoms with Crippen molar-refractivity contribution in [3.8, 4) is 17.1 Å². The molecule has 320 valence electrons. The zero-order chi connectivity index (χ0) is 43.3. The van der Waals surface area contributed by atoms with Crippen molar-refractivity contribution in [1.29, 1.82) is 0 Å². The number of carbonyl (C=O) groups is 2. The number of nitrogens with one attached hydrogen (secondary N) is 1. The van der Waals surface area contributed by atoms with Gasteiger partial charge < -0.3 is 29.2 Å². The quantitative estimate of drug-likeness (QED) is 0.150. The van der Waals surface area contributed by atoms with E-state index in [-0.39, 0.29) is 91.6 Å². The van der Waals surface area contributed by atoms with E-state index in [1.54, 1.807) is 16.4 Å². The summed E-state index contributed by atoms with van der Waals surface area (Å²) in [6.07, 6.45) is -2.84. The lowest BCUT2D eigenvalue weighted by atomic mass is 9.95. The number of aryl methyl sites for hydroxylation is 1. The van der Waals surface area contributed by atoms with Crippen LogP contribution in [0.1, 0.15) is 63.9 Å². The summed E-state index contributed by atoms with van der Waals surface area (Å²) in [6, 6.07) is 19.2. The molecule has 1 N–H and O–H groups in total. The Morgan fingerprint density at radius 3 is 2.44 bits per heavy atom. The number of hydrogen-bond acceptors (Lipinski definition) is 10. The zero-order valence-corrected chi connectivity index (χ0v) is 34.6. The average molecular weight is 868 g/mol. The van der Waals surface area contributed by atoms with E-state index in [4.69, 9.17) is 26.1 Å². The monoisotopic (exact) mass is 867 g/mol. The van der Waals surface area contributed by atoms with Gasteiger partial charge >= 0.3 is 6.18 Å². The lowest BCUT2D eigenvalue weighted by Gasteiger charge is -2.36. The van der Waals surface area contributed by atoms with Crippen LogP contribution in [0.4, 0.5) is 24.5 Å². The van der Waals surface area contributed by atoms with Crippen LogP contribution >= 0.6 is 11.6 Å². The number of piperazine rings is 1. The predicted molar refractivity (Wildman–Crippen MR) is 223 cm³/mol. The highest BCUT2D eigenvalue weighted by atomic mass is 35.5. The highest BCUT2D eigenvalue weighted by Crippen LogP contribution is 2.59. The number of nitrogens with zero attached hydrogens (tertiary/aromatic N) is 8. The van der Waals surface area contributed by atoms with Gasteiger partial charge in [0.25, 0.3) is 11.5 Å². The van der Waals surface area contributed by atoms with E-state index in [9.17, 15) is 27.6 Å². The first-order valence-corrected chi connectivity index (χ1v) is 20.6. The number of hydrogen-bond donors (Lipinski definition) is 1. The Morgan fingerprint density at radius 2 is 1.73 bits per heavy atom. The summed E-state index contributed by atoms with van der Waals surface area (Å²) in [5.41, 5.74) is 2.89. The lowest BCUT2D eigenvalue weighted by molar-refractivity contribution is -0.160. The van der Waals surface area contributed by atoms with Crippen LogP contribution in [0, 0.1) is 6.92 Å². The summed E-state index contributed by atoms with van der Waals surface area (Å²) >= 11 is 6.49. The summed E-state index contributed by atoms with van der Waals surface area (Å²) in [7, 11) is 0. The SMILES string of the molecule is CCc1c(N2CCN(C(=O)c3ncnc(C)c3OCc3ccccc3)CC2)c(=O)n2nc(-c3ccc4c(c3)COC4)nc2n1CC(=O)Nc1ccc(C2(C(F)(F)F)CC2)cc1Cl. The third-order valence-electron chi connectivity index (χ3n) is 11.8. The van der Waals surface area contributed by atoms with Gasteiger partial charge in [-0.15, -0.1) is 5.10 Å². The summed E-state index contributed by atoms with van der Waals surface area (Å²) in [5, 5.41) is 7.39. The largest absolute Gasteiger partial charge is 0.485 e. The molecule has 5 heterocycles. The molecule has 0 spiro atoms. The first-order valence-electron chi connectivity index (χ1n) is 20.3. The minimum absolute atomic E-state index is 0.0271. The van der Waals surface area contributed by atoms with Crippen LogP contribution in [0.2, 0.25) is 5.02 Å². The molecular formula is C44H41ClF3N9O5. The van der Waals surface area contributed by atoms with E-state index in [1.807, 2.05) is 60.4 Å². The van der Waals surface area contributed by atoms with Gasteiger partial charge in [0, 0.05) is 31.7 Å². The number of amides is 2. The maximum atomic E-state index is 14.6. The van der Waals surface area contributed by atoms with E-state index in [2.05, 4.69) is 20.4 Å². The normalized spacial score (nSPS) is 15.8. The molecule has 3 aromatic heterocycles. The Labute approximate surface area is 358 Å². The molecule has 6 aromatic rings. The molecule has 1 aliphatic carbocycles. The third-order valence-corrected chi connectivity index (χ3v) is 12.1. The fourth-order valence-corrected chi connectivity index (χ4v) is 8.50. The van der Waals surface area contributed by atoms with Crippen LogP contribution in [0.5, 0.6) is 5.75 Å². The van der Waals surface area contributed by atoms with Crippen LogP contribution in [-0.2, 0) is 47.7 Å². The Hall–Kier alpha value is -6.33. The van der Waals surface area contributed by atoms with E-state index >= 15 is 0 Å². The molecule has 62 heavy (non-hydrogen) atoms. The van der Waals surface area contributed by atoms with Gasteiger partial charge in [0.05, 0.1) is 40.7 Å². The van der Waals surface area contributed by atoms with E-state index in [1.165, 1.54) is 29.0 Å². The maximum Gasteiger partial charge on any atom is 0.398 e. The van der Waals surface area contributed by atoms with Gasteiger partial charge in [-0.1, -0.05) is 67.1 Å². The third kappa shape index (κ3) is 7.52. The molecule has 2 amide bonds. The number of ether oxygens (including phenoxy) is 2. The van der Waals surface area contributed by atoms with Gasteiger partial charge in [-0.25, -0.2) is 9.97 Å². The summed E-state index contributed by atoms with van der Waals surface area (Å²) < 4.78 is 56.1. The number of anilines is 2. The fraction of sp³-hybridized carbons (Fsp3) is 0.341. The summed E-state index contributed by atoms with van der Waals surface area (Å²) in [5.74, 6) is -0.203. The number of rotatable bonds is 11. The molecule has 2 aliphatic heterocycles.